The van der Waals surface area contributed by atoms with Crippen molar-refractivity contribution in [3.63, 3.8) is 0 Å². The summed E-state index contributed by atoms with van der Waals surface area (Å²) in [4.78, 5) is 49.5. The topological polar surface area (TPSA) is 155 Å². The summed E-state index contributed by atoms with van der Waals surface area (Å²) in [5, 5.41) is 0. The van der Waals surface area contributed by atoms with E-state index in [2.05, 4.69) is 131 Å². The van der Waals surface area contributed by atoms with Gasteiger partial charge >= 0.3 is 0 Å². The Morgan fingerprint density at radius 2 is 0.315 bits per heavy atom. The van der Waals surface area contributed by atoms with Gasteiger partial charge in [-0.25, -0.2) is 59.8 Å². The van der Waals surface area contributed by atoms with Crippen LogP contribution in [-0.2, 0) is 0 Å². The van der Waals surface area contributed by atoms with E-state index in [1.807, 2.05) is 0 Å². The fourth-order valence-corrected chi connectivity index (χ4v) is 4.49. The maximum atomic E-state index is 4.13. The third kappa shape index (κ3) is 8.80. The van der Waals surface area contributed by atoms with E-state index in [0.717, 1.165) is 0 Å². The summed E-state index contributed by atoms with van der Waals surface area (Å²) in [6, 6.07) is 0. The summed E-state index contributed by atoms with van der Waals surface area (Å²) in [7, 11) is 0. The quantitative estimate of drug-likeness (QED) is 0.215. The molecule has 12 nitrogen and oxygen atoms in total. The van der Waals surface area contributed by atoms with Gasteiger partial charge in [0.15, 0.2) is 0 Å². The molecule has 12 heteroatoms. The van der Waals surface area contributed by atoms with Crippen LogP contribution < -0.4 is 0 Å². The van der Waals surface area contributed by atoms with Crippen molar-refractivity contribution >= 4 is 0 Å². The largest absolute Gasteiger partial charge is 0.244 e. The third-order valence-electron chi connectivity index (χ3n) is 6.85. The maximum absolute atomic E-state index is 4.13. The van der Waals surface area contributed by atoms with Crippen LogP contribution in [0, 0.1) is 71.0 Å². The highest BCUT2D eigenvalue weighted by Crippen LogP contribution is 2.28. The first kappa shape index (κ1) is 33.6. The first-order chi connectivity index (χ1) is 26.8. The molecule has 0 unspecified atom stereocenters. The summed E-state index contributed by atoms with van der Waals surface area (Å²) >= 11 is 0. The van der Waals surface area contributed by atoms with E-state index >= 15 is 0 Å². The molecule has 0 radical (unpaired) electrons. The van der Waals surface area contributed by atoms with Crippen LogP contribution >= 0.6 is 0 Å². The summed E-state index contributed by atoms with van der Waals surface area (Å²) in [5.74, 6) is 38.8. The molecule has 0 spiro atoms. The van der Waals surface area contributed by atoms with Gasteiger partial charge in [0.1, 0.15) is 38.0 Å². The molecule has 0 amide bonds. The van der Waals surface area contributed by atoms with Gasteiger partial charge in [-0.05, 0) is 0 Å². The van der Waals surface area contributed by atoms with E-state index in [1.165, 1.54) is 38.0 Å². The van der Waals surface area contributed by atoms with Crippen LogP contribution in [0.2, 0.25) is 0 Å². The Kier molecular flexibility index (Phi) is 10.6. The van der Waals surface area contributed by atoms with Gasteiger partial charge in [0, 0.05) is 74.4 Å². The van der Waals surface area contributed by atoms with E-state index in [-0.39, 0.29) is 0 Å². The van der Waals surface area contributed by atoms with Crippen molar-refractivity contribution in [2.45, 2.75) is 0 Å². The van der Waals surface area contributed by atoms with Crippen LogP contribution in [0.25, 0.3) is 0 Å². The molecule has 0 N–H and O–H groups in total. The van der Waals surface area contributed by atoms with Crippen LogP contribution in [-0.4, -0.2) is 59.8 Å². The lowest BCUT2D eigenvalue weighted by Crippen LogP contribution is -2.05. The van der Waals surface area contributed by atoms with Crippen molar-refractivity contribution in [2.75, 3.05) is 0 Å². The molecule has 0 aliphatic carbocycles. The second kappa shape index (κ2) is 17.1. The first-order valence-electron chi connectivity index (χ1n) is 15.7. The molecule has 0 saturated heterocycles. The van der Waals surface area contributed by atoms with Crippen molar-refractivity contribution in [3.8, 4) is 71.0 Å². The highest BCUT2D eigenvalue weighted by Gasteiger charge is 2.20. The lowest BCUT2D eigenvalue weighted by atomic mass is 9.86. The maximum Gasteiger partial charge on any atom is 0.115 e. The molecule has 0 bridgehead atoms. The molecular weight excluding hydrogens is 673 g/mol. The highest BCUT2D eigenvalue weighted by molar-refractivity contribution is 5.78. The van der Waals surface area contributed by atoms with Gasteiger partial charge in [-0.1, -0.05) is 71.0 Å². The molecule has 246 valence electrons. The zero-order chi connectivity index (χ0) is 36.6. The van der Waals surface area contributed by atoms with Gasteiger partial charge < -0.3 is 0 Å². The Labute approximate surface area is 309 Å². The molecular formula is C42H18N12. The van der Waals surface area contributed by atoms with E-state index in [1.54, 1.807) is 74.4 Å². The molecule has 0 atom stereocenters. The SMILES string of the molecule is C(#Cc1c(C#Cc2cncnc2)c(C#Cc2cncnc2)c(C#Cc2cncnc2)c(C#Cc2cncnc2)c1C#Cc1cncnc1)c1cncnc1. The second-order valence-electron chi connectivity index (χ2n) is 10.5. The van der Waals surface area contributed by atoms with E-state index in [4.69, 9.17) is 0 Å². The van der Waals surface area contributed by atoms with Gasteiger partial charge in [0.25, 0.3) is 0 Å². The molecule has 0 saturated carbocycles. The molecule has 7 aromatic rings. The predicted molar refractivity (Wildman–Crippen MR) is 195 cm³/mol. The molecule has 0 fully saturated rings. The van der Waals surface area contributed by atoms with Gasteiger partial charge in [0.2, 0.25) is 0 Å². The summed E-state index contributed by atoms with van der Waals surface area (Å²) < 4.78 is 0. The lowest BCUT2D eigenvalue weighted by molar-refractivity contribution is 1.16. The highest BCUT2D eigenvalue weighted by atomic mass is 14.8. The number of hydrogen-bond acceptors (Lipinski definition) is 12. The minimum Gasteiger partial charge on any atom is -0.244 e. The standard InChI is InChI=1S/C42H18N12/c1(31-13-43-25-44-14-31)7-37-38(8-2-32-15-45-26-46-16-32)40(10-4-34-19-49-28-50-20-34)42(12-6-36-23-53-30-54-24-36)41(11-5-35-21-51-29-52-22-35)39(37)9-3-33-17-47-27-48-18-33/h13-30H. The van der Waals surface area contributed by atoms with Crippen LogP contribution in [0.4, 0.5) is 0 Å². The van der Waals surface area contributed by atoms with Gasteiger partial charge in [-0.2, -0.15) is 0 Å². The van der Waals surface area contributed by atoms with E-state index < -0.39 is 0 Å². The Bertz CT molecular complexity index is 2290. The van der Waals surface area contributed by atoms with Gasteiger partial charge in [-0.15, -0.1) is 0 Å². The zero-order valence-electron chi connectivity index (χ0n) is 27.8. The smallest absolute Gasteiger partial charge is 0.115 e. The van der Waals surface area contributed by atoms with Crippen molar-refractivity contribution in [3.05, 3.63) is 179 Å². The normalized spacial score (nSPS) is 9.33. The summed E-state index contributed by atoms with van der Waals surface area (Å²) in [5.41, 5.74) is 5.85. The molecule has 0 aliphatic rings. The summed E-state index contributed by atoms with van der Waals surface area (Å²) in [6.07, 6.45) is 27.8. The molecule has 1 aromatic carbocycles. The molecule has 7 rings (SSSR count). The minimum absolute atomic E-state index is 0.420. The summed E-state index contributed by atoms with van der Waals surface area (Å²) in [6.45, 7) is 0. The molecule has 6 heterocycles. The average molecular weight is 691 g/mol. The Morgan fingerprint density at radius 3 is 0.444 bits per heavy atom. The fraction of sp³-hybridized carbons (Fsp3) is 0. The average Bonchev–Trinajstić information content (AvgIpc) is 3.24. The van der Waals surface area contributed by atoms with Crippen molar-refractivity contribution in [2.24, 2.45) is 0 Å². The van der Waals surface area contributed by atoms with Crippen molar-refractivity contribution < 1.29 is 0 Å². The van der Waals surface area contributed by atoms with Crippen LogP contribution in [0.15, 0.2) is 112 Å². The van der Waals surface area contributed by atoms with Crippen LogP contribution in [0.1, 0.15) is 66.8 Å². The monoisotopic (exact) mass is 690 g/mol. The van der Waals surface area contributed by atoms with Crippen LogP contribution in [0.5, 0.6) is 0 Å². The second-order valence-corrected chi connectivity index (χ2v) is 10.5. The third-order valence-corrected chi connectivity index (χ3v) is 6.85. The van der Waals surface area contributed by atoms with Crippen LogP contribution in [0.3, 0.4) is 0 Å². The minimum atomic E-state index is 0.420. The van der Waals surface area contributed by atoms with Gasteiger partial charge in [0.05, 0.1) is 66.8 Å². The number of benzene rings is 1. The number of rotatable bonds is 0. The molecule has 54 heavy (non-hydrogen) atoms. The fourth-order valence-electron chi connectivity index (χ4n) is 4.49. The number of hydrogen-bond donors (Lipinski definition) is 0. The van der Waals surface area contributed by atoms with Gasteiger partial charge in [-0.3, -0.25) is 0 Å². The Hall–Kier alpha value is -8.94. The van der Waals surface area contributed by atoms with E-state index in [0.29, 0.717) is 66.8 Å². The Morgan fingerprint density at radius 1 is 0.185 bits per heavy atom. The molecule has 0 aliphatic heterocycles. The first-order valence-corrected chi connectivity index (χ1v) is 15.7. The van der Waals surface area contributed by atoms with Crippen molar-refractivity contribution in [1.29, 1.82) is 0 Å². The Balaban J connectivity index is 1.65. The van der Waals surface area contributed by atoms with E-state index in [9.17, 15) is 0 Å². The lowest BCUT2D eigenvalue weighted by Gasteiger charge is -2.12. The zero-order valence-corrected chi connectivity index (χ0v) is 27.8. The number of aromatic nitrogens is 12. The predicted octanol–water partition coefficient (Wildman–Crippen LogP) is 2.83. The molecule has 6 aromatic heterocycles. The number of nitrogens with zero attached hydrogens (tertiary/aromatic N) is 12. The van der Waals surface area contributed by atoms with Crippen molar-refractivity contribution in [1.82, 2.24) is 59.8 Å².